The molecule has 1 aromatic rings. The third-order valence-corrected chi connectivity index (χ3v) is 4.42. The van der Waals surface area contributed by atoms with Crippen molar-refractivity contribution in [3.8, 4) is 0 Å². The monoisotopic (exact) mass is 293 g/mol. The van der Waals surface area contributed by atoms with Crippen molar-refractivity contribution in [2.45, 2.75) is 39.3 Å². The molecule has 0 saturated carbocycles. The van der Waals surface area contributed by atoms with Crippen LogP contribution in [0, 0.1) is 5.92 Å². The molecule has 0 amide bonds. The molecule has 6 nitrogen and oxygen atoms in total. The number of piperazine rings is 1. The van der Waals surface area contributed by atoms with E-state index >= 15 is 0 Å². The summed E-state index contributed by atoms with van der Waals surface area (Å²) in [7, 11) is 0. The maximum absolute atomic E-state index is 5.37. The van der Waals surface area contributed by atoms with Gasteiger partial charge in [-0.3, -0.25) is 9.80 Å². The number of aromatic nitrogens is 2. The third-order valence-electron chi connectivity index (χ3n) is 4.42. The molecule has 3 rings (SSSR count). The largest absolute Gasteiger partial charge is 0.338 e. The van der Waals surface area contributed by atoms with Crippen LogP contribution in [0.3, 0.4) is 0 Å². The Balaban J connectivity index is 1.45. The third kappa shape index (κ3) is 4.02. The fourth-order valence-electron chi connectivity index (χ4n) is 3.23. The molecule has 1 unspecified atom stereocenters. The summed E-state index contributed by atoms with van der Waals surface area (Å²) in [4.78, 5) is 9.54. The van der Waals surface area contributed by atoms with Gasteiger partial charge in [-0.2, -0.15) is 4.98 Å². The Hall–Kier alpha value is -0.980. The van der Waals surface area contributed by atoms with Crippen LogP contribution in [0.4, 0.5) is 0 Å². The lowest BCUT2D eigenvalue weighted by atomic mass is 10.1. The molecule has 1 atom stereocenters. The van der Waals surface area contributed by atoms with E-state index in [1.54, 1.807) is 0 Å². The molecule has 0 radical (unpaired) electrons. The number of hydrogen-bond donors (Lipinski definition) is 1. The van der Waals surface area contributed by atoms with Crippen molar-refractivity contribution >= 4 is 0 Å². The first-order valence-electron chi connectivity index (χ1n) is 8.19. The van der Waals surface area contributed by atoms with Crippen molar-refractivity contribution < 1.29 is 4.52 Å². The Morgan fingerprint density at radius 3 is 2.76 bits per heavy atom. The summed E-state index contributed by atoms with van der Waals surface area (Å²) in [5.74, 6) is 2.18. The first-order valence-corrected chi connectivity index (χ1v) is 8.19. The molecule has 0 aromatic carbocycles. The normalized spacial score (nSPS) is 25.0. The number of hydrogen-bond acceptors (Lipinski definition) is 6. The minimum Gasteiger partial charge on any atom is -0.338 e. The standard InChI is InChI=1S/C15H27N5O/c1-12(2)9-14-17-15(21-18-14)11-19-5-7-20(8-6-19)13-3-4-16-10-13/h12-13,16H,3-11H2,1-2H3. The summed E-state index contributed by atoms with van der Waals surface area (Å²) in [6.07, 6.45) is 2.19. The van der Waals surface area contributed by atoms with Crippen LogP contribution in [0.25, 0.3) is 0 Å². The summed E-state index contributed by atoms with van der Waals surface area (Å²) in [6, 6.07) is 0.744. The molecule has 2 aliphatic rings. The van der Waals surface area contributed by atoms with E-state index < -0.39 is 0 Å². The summed E-state index contributed by atoms with van der Waals surface area (Å²) in [6.45, 7) is 12.0. The van der Waals surface area contributed by atoms with Gasteiger partial charge in [0.1, 0.15) is 0 Å². The predicted molar refractivity (Wildman–Crippen MR) is 81.0 cm³/mol. The van der Waals surface area contributed by atoms with Crippen LogP contribution >= 0.6 is 0 Å². The molecule has 118 valence electrons. The predicted octanol–water partition coefficient (Wildman–Crippen LogP) is 0.748. The van der Waals surface area contributed by atoms with Gasteiger partial charge < -0.3 is 9.84 Å². The van der Waals surface area contributed by atoms with Crippen molar-refractivity contribution in [2.75, 3.05) is 39.3 Å². The first-order chi connectivity index (χ1) is 10.2. The zero-order chi connectivity index (χ0) is 14.7. The summed E-state index contributed by atoms with van der Waals surface area (Å²) >= 11 is 0. The SMILES string of the molecule is CC(C)Cc1noc(CN2CCN(C3CCNC3)CC2)n1. The average Bonchev–Trinajstić information content (AvgIpc) is 3.11. The van der Waals surface area contributed by atoms with Gasteiger partial charge in [0.25, 0.3) is 0 Å². The van der Waals surface area contributed by atoms with Crippen LogP contribution in [-0.4, -0.2) is 65.3 Å². The molecular formula is C15H27N5O. The van der Waals surface area contributed by atoms with Crippen molar-refractivity contribution in [3.05, 3.63) is 11.7 Å². The van der Waals surface area contributed by atoms with Crippen molar-refractivity contribution in [1.82, 2.24) is 25.3 Å². The molecule has 2 aliphatic heterocycles. The highest BCUT2D eigenvalue weighted by molar-refractivity contribution is 4.89. The number of nitrogens with one attached hydrogen (secondary N) is 1. The van der Waals surface area contributed by atoms with E-state index in [4.69, 9.17) is 4.52 Å². The molecule has 0 spiro atoms. The first kappa shape index (κ1) is 14.9. The van der Waals surface area contributed by atoms with Crippen LogP contribution in [0.15, 0.2) is 4.52 Å². The van der Waals surface area contributed by atoms with E-state index in [1.165, 1.54) is 13.0 Å². The number of rotatable bonds is 5. The van der Waals surface area contributed by atoms with E-state index in [2.05, 4.69) is 39.1 Å². The van der Waals surface area contributed by atoms with Gasteiger partial charge in [-0.1, -0.05) is 19.0 Å². The van der Waals surface area contributed by atoms with Crippen LogP contribution < -0.4 is 5.32 Å². The van der Waals surface area contributed by atoms with E-state index in [0.717, 1.165) is 63.4 Å². The lowest BCUT2D eigenvalue weighted by Crippen LogP contribution is -2.50. The van der Waals surface area contributed by atoms with Gasteiger partial charge in [-0.05, 0) is 18.9 Å². The van der Waals surface area contributed by atoms with Gasteiger partial charge in [-0.25, -0.2) is 0 Å². The summed E-state index contributed by atoms with van der Waals surface area (Å²) in [5.41, 5.74) is 0. The van der Waals surface area contributed by atoms with Gasteiger partial charge in [-0.15, -0.1) is 0 Å². The second kappa shape index (κ2) is 6.85. The molecule has 3 heterocycles. The van der Waals surface area contributed by atoms with Crippen LogP contribution in [0.5, 0.6) is 0 Å². The average molecular weight is 293 g/mol. The van der Waals surface area contributed by atoms with Gasteiger partial charge >= 0.3 is 0 Å². The Bertz CT molecular complexity index is 433. The zero-order valence-electron chi connectivity index (χ0n) is 13.2. The van der Waals surface area contributed by atoms with E-state index in [9.17, 15) is 0 Å². The van der Waals surface area contributed by atoms with Crippen LogP contribution in [0.1, 0.15) is 32.0 Å². The summed E-state index contributed by atoms with van der Waals surface area (Å²) in [5, 5.41) is 7.52. The van der Waals surface area contributed by atoms with E-state index in [1.807, 2.05) is 0 Å². The molecular weight excluding hydrogens is 266 g/mol. The fourth-order valence-corrected chi connectivity index (χ4v) is 3.23. The van der Waals surface area contributed by atoms with Crippen LogP contribution in [-0.2, 0) is 13.0 Å². The summed E-state index contributed by atoms with van der Waals surface area (Å²) < 4.78 is 5.37. The van der Waals surface area contributed by atoms with Gasteiger partial charge in [0, 0.05) is 45.2 Å². The molecule has 6 heteroatoms. The smallest absolute Gasteiger partial charge is 0.240 e. The minimum atomic E-state index is 0.569. The lowest BCUT2D eigenvalue weighted by molar-refractivity contribution is 0.0908. The molecule has 2 fully saturated rings. The highest BCUT2D eigenvalue weighted by Gasteiger charge is 2.26. The molecule has 1 N–H and O–H groups in total. The number of nitrogens with zero attached hydrogens (tertiary/aromatic N) is 4. The van der Waals surface area contributed by atoms with Crippen molar-refractivity contribution in [1.29, 1.82) is 0 Å². The van der Waals surface area contributed by atoms with E-state index in [-0.39, 0.29) is 0 Å². The van der Waals surface area contributed by atoms with Gasteiger partial charge in [0.05, 0.1) is 6.54 Å². The van der Waals surface area contributed by atoms with Gasteiger partial charge in [0.2, 0.25) is 5.89 Å². The highest BCUT2D eigenvalue weighted by Crippen LogP contribution is 2.14. The van der Waals surface area contributed by atoms with E-state index in [0.29, 0.717) is 5.92 Å². The zero-order valence-corrected chi connectivity index (χ0v) is 13.2. The molecule has 0 aliphatic carbocycles. The Morgan fingerprint density at radius 1 is 1.29 bits per heavy atom. The Labute approximate surface area is 126 Å². The van der Waals surface area contributed by atoms with Crippen molar-refractivity contribution in [2.24, 2.45) is 5.92 Å². The molecule has 1 aromatic heterocycles. The molecule has 0 bridgehead atoms. The second-order valence-corrected chi connectivity index (χ2v) is 6.66. The minimum absolute atomic E-state index is 0.569. The maximum Gasteiger partial charge on any atom is 0.240 e. The van der Waals surface area contributed by atoms with Crippen LogP contribution in [0.2, 0.25) is 0 Å². The second-order valence-electron chi connectivity index (χ2n) is 6.66. The molecule has 21 heavy (non-hydrogen) atoms. The fraction of sp³-hybridized carbons (Fsp3) is 0.867. The van der Waals surface area contributed by atoms with Crippen molar-refractivity contribution in [3.63, 3.8) is 0 Å². The van der Waals surface area contributed by atoms with Gasteiger partial charge in [0.15, 0.2) is 5.82 Å². The Kier molecular flexibility index (Phi) is 4.87. The molecule has 2 saturated heterocycles. The quantitative estimate of drug-likeness (QED) is 0.864. The Morgan fingerprint density at radius 2 is 2.10 bits per heavy atom. The lowest BCUT2D eigenvalue weighted by Gasteiger charge is -2.37. The topological polar surface area (TPSA) is 57.4 Å². The highest BCUT2D eigenvalue weighted by atomic mass is 16.5. The maximum atomic E-state index is 5.37.